The number of carbonyl (C=O) groups excluding carboxylic acids is 1. The van der Waals surface area contributed by atoms with Crippen LogP contribution in [0.4, 0.5) is 13.2 Å². The molecule has 122 valence electrons. The van der Waals surface area contributed by atoms with Crippen LogP contribution in [0.15, 0.2) is 11.6 Å². The highest BCUT2D eigenvalue weighted by molar-refractivity contribution is 5.76. The molecule has 1 heterocycles. The average Bonchev–Trinajstić information content (AvgIpc) is 2.42. The van der Waals surface area contributed by atoms with Gasteiger partial charge in [0.15, 0.2) is 0 Å². The van der Waals surface area contributed by atoms with Gasteiger partial charge in [-0.3, -0.25) is 4.79 Å². The van der Waals surface area contributed by atoms with Crippen LogP contribution in [0, 0.1) is 5.41 Å². The number of hydrogen-bond donors (Lipinski definition) is 1. The summed E-state index contributed by atoms with van der Waals surface area (Å²) < 4.78 is 36.6. The number of rotatable bonds is 5. The van der Waals surface area contributed by atoms with Gasteiger partial charge < -0.3 is 10.0 Å². The van der Waals surface area contributed by atoms with E-state index in [0.717, 1.165) is 18.4 Å². The van der Waals surface area contributed by atoms with E-state index in [-0.39, 0.29) is 6.61 Å². The molecule has 0 aliphatic carbocycles. The standard InChI is InChI=1S/C15H24F3NO2/c1-12(2)4-7-14(11-20)6-3-9-19(10-14)13(21)5-8-15(16,17)18/h4,20H,3,5-11H2,1-2H3. The zero-order chi connectivity index (χ0) is 16.1. The molecule has 0 aromatic carbocycles. The molecule has 0 saturated carbocycles. The van der Waals surface area contributed by atoms with Crippen LogP contribution >= 0.6 is 0 Å². The number of aliphatic hydroxyl groups excluding tert-OH is 1. The fraction of sp³-hybridized carbons (Fsp3) is 0.800. The van der Waals surface area contributed by atoms with Crippen LogP contribution in [0.25, 0.3) is 0 Å². The van der Waals surface area contributed by atoms with Crippen molar-refractivity contribution in [3.8, 4) is 0 Å². The van der Waals surface area contributed by atoms with Gasteiger partial charge in [-0.1, -0.05) is 11.6 Å². The van der Waals surface area contributed by atoms with Crippen molar-refractivity contribution in [2.45, 2.75) is 52.1 Å². The van der Waals surface area contributed by atoms with Crippen molar-refractivity contribution in [1.82, 2.24) is 4.90 Å². The molecule has 1 rings (SSSR count). The maximum Gasteiger partial charge on any atom is 0.389 e. The quantitative estimate of drug-likeness (QED) is 0.792. The molecular formula is C15H24F3NO2. The highest BCUT2D eigenvalue weighted by Gasteiger charge is 2.37. The van der Waals surface area contributed by atoms with Gasteiger partial charge in [-0.2, -0.15) is 13.2 Å². The third kappa shape index (κ3) is 6.08. The summed E-state index contributed by atoms with van der Waals surface area (Å²) in [6.45, 7) is 4.68. The smallest absolute Gasteiger partial charge is 0.389 e. The van der Waals surface area contributed by atoms with Gasteiger partial charge in [0.25, 0.3) is 0 Å². The summed E-state index contributed by atoms with van der Waals surface area (Å²) in [5.74, 6) is -0.470. The predicted octanol–water partition coefficient (Wildman–Crippen LogP) is 3.29. The maximum atomic E-state index is 12.2. The van der Waals surface area contributed by atoms with Crippen LogP contribution in [0.1, 0.15) is 46.0 Å². The largest absolute Gasteiger partial charge is 0.396 e. The molecule has 0 aromatic rings. The molecule has 1 unspecified atom stereocenters. The molecule has 1 fully saturated rings. The second-order valence-electron chi connectivity index (χ2n) is 6.18. The second kappa shape index (κ2) is 7.29. The highest BCUT2D eigenvalue weighted by atomic mass is 19.4. The first-order valence-corrected chi connectivity index (χ1v) is 7.26. The van der Waals surface area contributed by atoms with Crippen molar-refractivity contribution in [2.24, 2.45) is 5.41 Å². The molecule has 1 atom stereocenters. The zero-order valence-electron chi connectivity index (χ0n) is 12.7. The third-order valence-corrected chi connectivity index (χ3v) is 3.92. The van der Waals surface area contributed by atoms with E-state index in [2.05, 4.69) is 0 Å². The first kappa shape index (κ1) is 18.0. The average molecular weight is 307 g/mol. The molecule has 6 heteroatoms. The molecule has 1 aliphatic heterocycles. The minimum Gasteiger partial charge on any atom is -0.396 e. The van der Waals surface area contributed by atoms with Crippen LogP contribution in [-0.2, 0) is 4.79 Å². The van der Waals surface area contributed by atoms with Crippen molar-refractivity contribution in [3.05, 3.63) is 11.6 Å². The summed E-state index contributed by atoms with van der Waals surface area (Å²) in [7, 11) is 0. The van der Waals surface area contributed by atoms with Gasteiger partial charge in [-0.05, 0) is 33.1 Å². The van der Waals surface area contributed by atoms with E-state index in [1.165, 1.54) is 4.90 Å². The van der Waals surface area contributed by atoms with Gasteiger partial charge in [0, 0.05) is 24.9 Å². The number of aliphatic hydroxyl groups is 1. The van der Waals surface area contributed by atoms with E-state index in [9.17, 15) is 23.1 Å². The number of allylic oxidation sites excluding steroid dienone is 2. The number of amides is 1. The number of piperidine rings is 1. The van der Waals surface area contributed by atoms with Gasteiger partial charge in [0.2, 0.25) is 5.91 Å². The molecular weight excluding hydrogens is 283 g/mol. The monoisotopic (exact) mass is 307 g/mol. The summed E-state index contributed by atoms with van der Waals surface area (Å²) in [6.07, 6.45) is -1.72. The molecule has 21 heavy (non-hydrogen) atoms. The maximum absolute atomic E-state index is 12.2. The van der Waals surface area contributed by atoms with Crippen LogP contribution in [0.2, 0.25) is 0 Å². The van der Waals surface area contributed by atoms with E-state index in [4.69, 9.17) is 0 Å². The fourth-order valence-corrected chi connectivity index (χ4v) is 2.61. The summed E-state index contributed by atoms with van der Waals surface area (Å²) >= 11 is 0. The molecule has 1 aliphatic rings. The number of halogens is 3. The number of carbonyl (C=O) groups is 1. The molecule has 1 N–H and O–H groups in total. The Morgan fingerprint density at radius 1 is 1.38 bits per heavy atom. The highest BCUT2D eigenvalue weighted by Crippen LogP contribution is 2.34. The first-order valence-electron chi connectivity index (χ1n) is 7.26. The minimum absolute atomic E-state index is 0.0557. The summed E-state index contributed by atoms with van der Waals surface area (Å²) in [6, 6.07) is 0. The lowest BCUT2D eigenvalue weighted by Crippen LogP contribution is -2.47. The Hall–Kier alpha value is -1.04. The predicted molar refractivity (Wildman–Crippen MR) is 74.7 cm³/mol. The molecule has 0 aromatic heterocycles. The van der Waals surface area contributed by atoms with E-state index < -0.39 is 30.3 Å². The minimum atomic E-state index is -4.30. The van der Waals surface area contributed by atoms with Gasteiger partial charge >= 0.3 is 6.18 Å². The SMILES string of the molecule is CC(C)=CCC1(CO)CCCN(C(=O)CCC(F)(F)F)C1. The molecule has 0 bridgehead atoms. The Bertz CT molecular complexity index is 389. The lowest BCUT2D eigenvalue weighted by molar-refractivity contribution is -0.151. The van der Waals surface area contributed by atoms with Crippen LogP contribution < -0.4 is 0 Å². The Kier molecular flexibility index (Phi) is 6.25. The lowest BCUT2D eigenvalue weighted by atomic mass is 9.77. The van der Waals surface area contributed by atoms with Gasteiger partial charge in [0.1, 0.15) is 0 Å². The lowest BCUT2D eigenvalue weighted by Gasteiger charge is -2.41. The molecule has 0 spiro atoms. The van der Waals surface area contributed by atoms with E-state index in [0.29, 0.717) is 19.5 Å². The van der Waals surface area contributed by atoms with Crippen molar-refractivity contribution >= 4 is 5.91 Å². The number of likely N-dealkylation sites (tertiary alicyclic amines) is 1. The molecule has 1 saturated heterocycles. The first-order chi connectivity index (χ1) is 9.67. The summed E-state index contributed by atoms with van der Waals surface area (Å²) in [5.41, 5.74) is 0.715. The molecule has 1 amide bonds. The van der Waals surface area contributed by atoms with Crippen LogP contribution in [0.5, 0.6) is 0 Å². The topological polar surface area (TPSA) is 40.5 Å². The van der Waals surface area contributed by atoms with E-state index in [1.807, 2.05) is 19.9 Å². The van der Waals surface area contributed by atoms with Gasteiger partial charge in [-0.15, -0.1) is 0 Å². The van der Waals surface area contributed by atoms with Crippen molar-refractivity contribution < 1.29 is 23.1 Å². The van der Waals surface area contributed by atoms with Gasteiger partial charge in [-0.25, -0.2) is 0 Å². The van der Waals surface area contributed by atoms with E-state index >= 15 is 0 Å². The van der Waals surface area contributed by atoms with Crippen molar-refractivity contribution in [3.63, 3.8) is 0 Å². The van der Waals surface area contributed by atoms with E-state index in [1.54, 1.807) is 0 Å². The Morgan fingerprint density at radius 3 is 2.57 bits per heavy atom. The number of alkyl halides is 3. The summed E-state index contributed by atoms with van der Waals surface area (Å²) in [4.78, 5) is 13.4. The van der Waals surface area contributed by atoms with Crippen molar-refractivity contribution in [2.75, 3.05) is 19.7 Å². The van der Waals surface area contributed by atoms with Crippen LogP contribution in [-0.4, -0.2) is 41.8 Å². The number of nitrogens with zero attached hydrogens (tertiary/aromatic N) is 1. The second-order valence-corrected chi connectivity index (χ2v) is 6.18. The van der Waals surface area contributed by atoms with Crippen LogP contribution in [0.3, 0.4) is 0 Å². The Morgan fingerprint density at radius 2 is 2.05 bits per heavy atom. The third-order valence-electron chi connectivity index (χ3n) is 3.92. The van der Waals surface area contributed by atoms with Gasteiger partial charge in [0.05, 0.1) is 13.0 Å². The Balaban J connectivity index is 2.65. The fourth-order valence-electron chi connectivity index (χ4n) is 2.61. The molecule has 3 nitrogen and oxygen atoms in total. The molecule has 0 radical (unpaired) electrons. The van der Waals surface area contributed by atoms with Crippen molar-refractivity contribution in [1.29, 1.82) is 0 Å². The Labute approximate surface area is 123 Å². The zero-order valence-corrected chi connectivity index (χ0v) is 12.7. The normalized spacial score (nSPS) is 23.0. The number of hydrogen-bond acceptors (Lipinski definition) is 2. The summed E-state index contributed by atoms with van der Waals surface area (Å²) in [5, 5.41) is 9.67.